The first-order chi connectivity index (χ1) is 8.24. The van der Waals surface area contributed by atoms with Gasteiger partial charge >= 0.3 is 0 Å². The zero-order valence-corrected chi connectivity index (χ0v) is 11.1. The molecule has 1 aromatic rings. The van der Waals surface area contributed by atoms with Gasteiger partial charge < -0.3 is 5.73 Å². The zero-order chi connectivity index (χ0) is 12.3. The van der Waals surface area contributed by atoms with Crippen molar-refractivity contribution in [1.29, 1.82) is 0 Å². The van der Waals surface area contributed by atoms with Crippen LogP contribution < -0.4 is 5.73 Å². The average Bonchev–Trinajstić information content (AvgIpc) is 2.37. The van der Waals surface area contributed by atoms with Gasteiger partial charge in [0, 0.05) is 36.7 Å². The van der Waals surface area contributed by atoms with E-state index >= 15 is 0 Å². The molecule has 0 aromatic heterocycles. The molecule has 2 rings (SSSR count). The first-order valence-electron chi connectivity index (χ1n) is 5.70. The maximum atomic E-state index is 14.0. The summed E-state index contributed by atoms with van der Waals surface area (Å²) in [5, 5.41) is 0.173. The van der Waals surface area contributed by atoms with Crippen LogP contribution in [0.25, 0.3) is 0 Å². The molecule has 0 saturated carbocycles. The molecule has 1 unspecified atom stereocenters. The minimum atomic E-state index is -0.331. The molecule has 2 nitrogen and oxygen atoms in total. The maximum absolute atomic E-state index is 14.0. The van der Waals surface area contributed by atoms with Gasteiger partial charge in [0.15, 0.2) is 0 Å². The molecule has 1 fully saturated rings. The van der Waals surface area contributed by atoms with Crippen LogP contribution in [0.2, 0.25) is 5.02 Å². The summed E-state index contributed by atoms with van der Waals surface area (Å²) >= 11 is 7.74. The van der Waals surface area contributed by atoms with Gasteiger partial charge in [-0.05, 0) is 6.07 Å². The summed E-state index contributed by atoms with van der Waals surface area (Å²) in [5.74, 6) is 1.83. The van der Waals surface area contributed by atoms with E-state index in [1.54, 1.807) is 18.2 Å². The second-order valence-electron chi connectivity index (χ2n) is 4.04. The van der Waals surface area contributed by atoms with Gasteiger partial charge in [-0.15, -0.1) is 0 Å². The second-order valence-corrected chi connectivity index (χ2v) is 5.67. The minimum absolute atomic E-state index is 0.0606. The average molecular weight is 275 g/mol. The fourth-order valence-electron chi connectivity index (χ4n) is 2.14. The van der Waals surface area contributed by atoms with Crippen molar-refractivity contribution in [2.24, 2.45) is 5.73 Å². The van der Waals surface area contributed by atoms with Crippen molar-refractivity contribution in [3.05, 3.63) is 34.6 Å². The summed E-state index contributed by atoms with van der Waals surface area (Å²) in [6.07, 6.45) is 0. The van der Waals surface area contributed by atoms with Crippen LogP contribution in [-0.2, 0) is 0 Å². The Bertz CT molecular complexity index is 383. The summed E-state index contributed by atoms with van der Waals surface area (Å²) in [7, 11) is 0. The molecular weight excluding hydrogens is 259 g/mol. The van der Waals surface area contributed by atoms with Crippen LogP contribution in [-0.4, -0.2) is 36.0 Å². The van der Waals surface area contributed by atoms with Crippen LogP contribution >= 0.6 is 23.4 Å². The minimum Gasteiger partial charge on any atom is -0.329 e. The van der Waals surface area contributed by atoms with Crippen LogP contribution in [0.15, 0.2) is 18.2 Å². The Balaban J connectivity index is 2.24. The highest BCUT2D eigenvalue weighted by Gasteiger charge is 2.24. The second kappa shape index (κ2) is 6.05. The number of rotatable bonds is 3. The lowest BCUT2D eigenvalue weighted by atomic mass is 10.0. The quantitative estimate of drug-likeness (QED) is 0.918. The number of nitrogens with zero attached hydrogens (tertiary/aromatic N) is 1. The molecule has 2 N–H and O–H groups in total. The Labute approximate surface area is 110 Å². The number of thioether (sulfide) groups is 1. The van der Waals surface area contributed by atoms with E-state index in [-0.39, 0.29) is 16.9 Å². The maximum Gasteiger partial charge on any atom is 0.146 e. The van der Waals surface area contributed by atoms with Crippen LogP contribution in [0.4, 0.5) is 4.39 Å². The van der Waals surface area contributed by atoms with Crippen molar-refractivity contribution in [1.82, 2.24) is 4.90 Å². The molecule has 94 valence electrons. The molecular formula is C12H16ClFN2S. The SMILES string of the molecule is NCC(c1cccc(Cl)c1F)N1CCSCC1. The lowest BCUT2D eigenvalue weighted by molar-refractivity contribution is 0.219. The number of benzene rings is 1. The van der Waals surface area contributed by atoms with Gasteiger partial charge in [0.1, 0.15) is 5.82 Å². The fourth-order valence-corrected chi connectivity index (χ4v) is 3.25. The smallest absolute Gasteiger partial charge is 0.146 e. The largest absolute Gasteiger partial charge is 0.329 e. The third kappa shape index (κ3) is 2.94. The van der Waals surface area contributed by atoms with Crippen LogP contribution in [0.5, 0.6) is 0 Å². The van der Waals surface area contributed by atoms with E-state index in [2.05, 4.69) is 4.90 Å². The molecule has 0 radical (unpaired) electrons. The van der Waals surface area contributed by atoms with Crippen LogP contribution in [0.1, 0.15) is 11.6 Å². The van der Waals surface area contributed by atoms with Gasteiger partial charge in [-0.2, -0.15) is 11.8 Å². The Morgan fingerprint density at radius 1 is 1.41 bits per heavy atom. The van der Waals surface area contributed by atoms with Crippen LogP contribution in [0.3, 0.4) is 0 Å². The molecule has 1 aliphatic rings. The predicted octanol–water partition coefficient (Wildman–Crippen LogP) is 2.53. The summed E-state index contributed by atoms with van der Waals surface area (Å²) < 4.78 is 14.0. The molecule has 5 heteroatoms. The topological polar surface area (TPSA) is 29.3 Å². The summed E-state index contributed by atoms with van der Waals surface area (Å²) in [4.78, 5) is 2.24. The molecule has 0 aliphatic carbocycles. The Morgan fingerprint density at radius 3 is 2.76 bits per heavy atom. The van der Waals surface area contributed by atoms with E-state index in [1.165, 1.54) is 0 Å². The van der Waals surface area contributed by atoms with Gasteiger partial charge in [-0.25, -0.2) is 4.39 Å². The molecule has 0 bridgehead atoms. The molecule has 17 heavy (non-hydrogen) atoms. The Morgan fingerprint density at radius 2 is 2.12 bits per heavy atom. The molecule has 1 heterocycles. The molecule has 0 spiro atoms. The first kappa shape index (κ1) is 13.1. The Kier molecular flexibility index (Phi) is 4.68. The summed E-state index contributed by atoms with van der Waals surface area (Å²) in [5.41, 5.74) is 6.41. The van der Waals surface area contributed by atoms with Gasteiger partial charge in [-0.3, -0.25) is 4.90 Å². The van der Waals surface area contributed by atoms with Crippen molar-refractivity contribution < 1.29 is 4.39 Å². The highest BCUT2D eigenvalue weighted by Crippen LogP contribution is 2.28. The van der Waals surface area contributed by atoms with Gasteiger partial charge in [0.05, 0.1) is 11.1 Å². The van der Waals surface area contributed by atoms with E-state index in [9.17, 15) is 4.39 Å². The highest BCUT2D eigenvalue weighted by molar-refractivity contribution is 7.99. The van der Waals surface area contributed by atoms with E-state index in [1.807, 2.05) is 11.8 Å². The number of nitrogens with two attached hydrogens (primary N) is 1. The van der Waals surface area contributed by atoms with Crippen molar-refractivity contribution in [3.63, 3.8) is 0 Å². The molecule has 0 amide bonds. The summed E-state index contributed by atoms with van der Waals surface area (Å²) in [6.45, 7) is 2.33. The molecule has 1 atom stereocenters. The monoisotopic (exact) mass is 274 g/mol. The third-order valence-corrected chi connectivity index (χ3v) is 4.28. The van der Waals surface area contributed by atoms with Gasteiger partial charge in [-0.1, -0.05) is 23.7 Å². The molecule has 1 aliphatic heterocycles. The number of hydrogen-bond acceptors (Lipinski definition) is 3. The third-order valence-electron chi connectivity index (χ3n) is 3.05. The standard InChI is InChI=1S/C12H16ClFN2S/c13-10-3-1-2-9(12(10)14)11(8-15)16-4-6-17-7-5-16/h1-3,11H,4-8,15H2. The zero-order valence-electron chi connectivity index (χ0n) is 9.53. The summed E-state index contributed by atoms with van der Waals surface area (Å²) in [6, 6.07) is 5.07. The van der Waals surface area contributed by atoms with E-state index in [0.29, 0.717) is 12.1 Å². The highest BCUT2D eigenvalue weighted by atomic mass is 35.5. The van der Waals surface area contributed by atoms with Gasteiger partial charge in [0.2, 0.25) is 0 Å². The van der Waals surface area contributed by atoms with E-state index in [4.69, 9.17) is 17.3 Å². The molecule has 1 aromatic carbocycles. The first-order valence-corrected chi connectivity index (χ1v) is 7.23. The molecule has 1 saturated heterocycles. The van der Waals surface area contributed by atoms with Crippen LogP contribution in [0, 0.1) is 5.82 Å². The van der Waals surface area contributed by atoms with E-state index < -0.39 is 0 Å². The Hall–Kier alpha value is -0.290. The van der Waals surface area contributed by atoms with Crippen molar-refractivity contribution in [2.75, 3.05) is 31.1 Å². The van der Waals surface area contributed by atoms with Gasteiger partial charge in [0.25, 0.3) is 0 Å². The predicted molar refractivity (Wildman–Crippen MR) is 72.1 cm³/mol. The number of hydrogen-bond donors (Lipinski definition) is 1. The van der Waals surface area contributed by atoms with Crippen molar-refractivity contribution in [2.45, 2.75) is 6.04 Å². The normalized spacial score (nSPS) is 19.2. The lowest BCUT2D eigenvalue weighted by Gasteiger charge is -2.34. The fraction of sp³-hybridized carbons (Fsp3) is 0.500. The van der Waals surface area contributed by atoms with Crippen molar-refractivity contribution in [3.8, 4) is 0 Å². The van der Waals surface area contributed by atoms with Crippen molar-refractivity contribution >= 4 is 23.4 Å². The lowest BCUT2D eigenvalue weighted by Crippen LogP contribution is -2.39. The number of halogens is 2. The van der Waals surface area contributed by atoms with E-state index in [0.717, 1.165) is 24.6 Å².